The van der Waals surface area contributed by atoms with Gasteiger partial charge in [-0.1, -0.05) is 13.8 Å². The molecule has 0 aliphatic carbocycles. The predicted octanol–water partition coefficient (Wildman–Crippen LogP) is 0.874. The molecule has 0 bridgehead atoms. The molecule has 2 N–H and O–H groups in total. The van der Waals surface area contributed by atoms with E-state index < -0.39 is 6.04 Å². The summed E-state index contributed by atoms with van der Waals surface area (Å²) in [6.45, 7) is 6.33. The molecule has 4 nitrogen and oxygen atoms in total. The van der Waals surface area contributed by atoms with Gasteiger partial charge in [0, 0.05) is 6.54 Å². The fourth-order valence-corrected chi connectivity index (χ4v) is 1.43. The van der Waals surface area contributed by atoms with Crippen LogP contribution in [0.2, 0.25) is 0 Å². The zero-order valence-electron chi connectivity index (χ0n) is 9.16. The summed E-state index contributed by atoms with van der Waals surface area (Å²) in [4.78, 5) is 12.9. The topological polar surface area (TPSA) is 70.1 Å². The summed E-state index contributed by atoms with van der Waals surface area (Å²) in [6.07, 6.45) is 1.70. The van der Waals surface area contributed by atoms with Crippen molar-refractivity contribution >= 4 is 5.91 Å². The van der Waals surface area contributed by atoms with Crippen LogP contribution in [0.25, 0.3) is 0 Å². The Balaban J connectivity index is 0.000000791. The Kier molecular flexibility index (Phi) is 5.89. The first-order valence-electron chi connectivity index (χ1n) is 5.12. The lowest BCUT2D eigenvalue weighted by Gasteiger charge is -2.21. The van der Waals surface area contributed by atoms with Crippen LogP contribution in [0.4, 0.5) is 0 Å². The van der Waals surface area contributed by atoms with Gasteiger partial charge in [0.15, 0.2) is 0 Å². The van der Waals surface area contributed by atoms with Gasteiger partial charge in [-0.05, 0) is 19.8 Å². The molecule has 1 heterocycles. The first-order chi connectivity index (χ1) is 6.66. The molecule has 1 fully saturated rings. The lowest BCUT2D eigenvalue weighted by Crippen LogP contribution is -2.44. The van der Waals surface area contributed by atoms with Gasteiger partial charge in [-0.2, -0.15) is 5.26 Å². The van der Waals surface area contributed by atoms with Crippen molar-refractivity contribution in [3.05, 3.63) is 0 Å². The highest BCUT2D eigenvalue weighted by Gasteiger charge is 2.29. The Bertz CT molecular complexity index is 220. The number of carbonyl (C=O) groups excluding carboxylic acids is 1. The molecule has 0 saturated carbocycles. The summed E-state index contributed by atoms with van der Waals surface area (Å²) in [5.74, 6) is -0.112. The number of carbonyl (C=O) groups is 1. The predicted molar refractivity (Wildman–Crippen MR) is 55.3 cm³/mol. The summed E-state index contributed by atoms with van der Waals surface area (Å²) in [7, 11) is 0. The van der Waals surface area contributed by atoms with E-state index in [-0.39, 0.29) is 11.9 Å². The average Bonchev–Trinajstić information content (AvgIpc) is 2.67. The van der Waals surface area contributed by atoms with Gasteiger partial charge in [0.1, 0.15) is 6.04 Å². The van der Waals surface area contributed by atoms with Crippen molar-refractivity contribution in [2.75, 3.05) is 6.54 Å². The molecule has 2 atom stereocenters. The Morgan fingerprint density at radius 2 is 2.21 bits per heavy atom. The molecule has 80 valence electrons. The highest BCUT2D eigenvalue weighted by atomic mass is 16.2. The highest BCUT2D eigenvalue weighted by Crippen LogP contribution is 2.16. The number of nitriles is 1. The first-order valence-corrected chi connectivity index (χ1v) is 5.12. The number of nitrogens with two attached hydrogens (primary N) is 1. The zero-order valence-corrected chi connectivity index (χ0v) is 9.16. The highest BCUT2D eigenvalue weighted by molar-refractivity contribution is 5.82. The Labute approximate surface area is 85.7 Å². The van der Waals surface area contributed by atoms with Gasteiger partial charge in [-0.25, -0.2) is 0 Å². The molecule has 0 aromatic rings. The minimum absolute atomic E-state index is 0.112. The second-order valence-corrected chi connectivity index (χ2v) is 3.11. The molecular weight excluding hydrogens is 178 g/mol. The summed E-state index contributed by atoms with van der Waals surface area (Å²) < 4.78 is 0. The van der Waals surface area contributed by atoms with Crippen LogP contribution in [0.15, 0.2) is 0 Å². The van der Waals surface area contributed by atoms with Crippen molar-refractivity contribution in [1.29, 1.82) is 5.26 Å². The fourth-order valence-electron chi connectivity index (χ4n) is 1.43. The molecular formula is C10H19N3O. The van der Waals surface area contributed by atoms with E-state index in [1.165, 1.54) is 0 Å². The smallest absolute Gasteiger partial charge is 0.240 e. The minimum Gasteiger partial charge on any atom is -0.325 e. The molecule has 4 heteroatoms. The second-order valence-electron chi connectivity index (χ2n) is 3.11. The maximum atomic E-state index is 11.4. The zero-order chi connectivity index (χ0) is 11.1. The molecule has 0 aromatic heterocycles. The minimum atomic E-state index is -0.487. The molecule has 2 unspecified atom stereocenters. The van der Waals surface area contributed by atoms with Crippen LogP contribution in [-0.4, -0.2) is 29.4 Å². The second kappa shape index (κ2) is 6.39. The number of amides is 1. The van der Waals surface area contributed by atoms with E-state index in [2.05, 4.69) is 6.07 Å². The summed E-state index contributed by atoms with van der Waals surface area (Å²) in [6, 6.07) is 1.37. The SMILES string of the molecule is CC.CC(N)C(=O)N1CCCC1C#N. The Morgan fingerprint density at radius 3 is 2.64 bits per heavy atom. The van der Waals surface area contributed by atoms with Crippen molar-refractivity contribution in [2.24, 2.45) is 5.73 Å². The number of hydrogen-bond donors (Lipinski definition) is 1. The van der Waals surface area contributed by atoms with E-state index in [0.29, 0.717) is 6.54 Å². The van der Waals surface area contributed by atoms with Gasteiger partial charge in [0.2, 0.25) is 5.91 Å². The standard InChI is InChI=1S/C8H13N3O.C2H6/c1-6(10)8(12)11-4-2-3-7(11)5-9;1-2/h6-7H,2-4,10H2,1H3;1-2H3. The Morgan fingerprint density at radius 1 is 1.64 bits per heavy atom. The van der Waals surface area contributed by atoms with Crippen molar-refractivity contribution in [3.63, 3.8) is 0 Å². The first kappa shape index (κ1) is 12.9. The van der Waals surface area contributed by atoms with Crippen LogP contribution < -0.4 is 5.73 Å². The summed E-state index contributed by atoms with van der Waals surface area (Å²) in [5.41, 5.74) is 5.43. The average molecular weight is 197 g/mol. The van der Waals surface area contributed by atoms with E-state index in [1.807, 2.05) is 13.8 Å². The quantitative estimate of drug-likeness (QED) is 0.678. The van der Waals surface area contributed by atoms with Gasteiger partial charge < -0.3 is 10.6 Å². The maximum absolute atomic E-state index is 11.4. The monoisotopic (exact) mass is 197 g/mol. The molecule has 1 aliphatic heterocycles. The largest absolute Gasteiger partial charge is 0.325 e. The number of likely N-dealkylation sites (tertiary alicyclic amines) is 1. The fraction of sp³-hybridized carbons (Fsp3) is 0.800. The third kappa shape index (κ3) is 3.00. The van der Waals surface area contributed by atoms with Gasteiger partial charge in [0.05, 0.1) is 12.1 Å². The van der Waals surface area contributed by atoms with Crippen molar-refractivity contribution in [2.45, 2.75) is 45.7 Å². The molecule has 14 heavy (non-hydrogen) atoms. The van der Waals surface area contributed by atoms with E-state index in [0.717, 1.165) is 12.8 Å². The van der Waals surface area contributed by atoms with Crippen molar-refractivity contribution in [3.8, 4) is 6.07 Å². The van der Waals surface area contributed by atoms with Gasteiger partial charge in [0.25, 0.3) is 0 Å². The van der Waals surface area contributed by atoms with Crippen LogP contribution in [0.5, 0.6) is 0 Å². The third-order valence-corrected chi connectivity index (χ3v) is 2.07. The molecule has 0 radical (unpaired) electrons. The normalized spacial score (nSPS) is 21.9. The van der Waals surface area contributed by atoms with E-state index in [4.69, 9.17) is 11.0 Å². The van der Waals surface area contributed by atoms with Gasteiger partial charge in [-0.15, -0.1) is 0 Å². The lowest BCUT2D eigenvalue weighted by atomic mass is 10.2. The maximum Gasteiger partial charge on any atom is 0.240 e. The third-order valence-electron chi connectivity index (χ3n) is 2.07. The van der Waals surface area contributed by atoms with Crippen molar-refractivity contribution < 1.29 is 4.79 Å². The van der Waals surface area contributed by atoms with E-state index >= 15 is 0 Å². The van der Waals surface area contributed by atoms with Crippen LogP contribution in [0.3, 0.4) is 0 Å². The molecule has 1 amide bonds. The number of hydrogen-bond acceptors (Lipinski definition) is 3. The van der Waals surface area contributed by atoms with Gasteiger partial charge in [-0.3, -0.25) is 4.79 Å². The van der Waals surface area contributed by atoms with Crippen molar-refractivity contribution in [1.82, 2.24) is 4.90 Å². The number of rotatable bonds is 1. The van der Waals surface area contributed by atoms with Gasteiger partial charge >= 0.3 is 0 Å². The van der Waals surface area contributed by atoms with E-state index in [9.17, 15) is 4.79 Å². The van der Waals surface area contributed by atoms with Crippen LogP contribution in [0.1, 0.15) is 33.6 Å². The molecule has 0 spiro atoms. The molecule has 1 aliphatic rings. The molecule has 1 saturated heterocycles. The Hall–Kier alpha value is -1.08. The summed E-state index contributed by atoms with van der Waals surface area (Å²) >= 11 is 0. The molecule has 1 rings (SSSR count). The van der Waals surface area contributed by atoms with Crippen LogP contribution in [-0.2, 0) is 4.79 Å². The molecule has 0 aromatic carbocycles. The summed E-state index contributed by atoms with van der Waals surface area (Å²) in [5, 5.41) is 8.68. The number of nitrogens with zero attached hydrogens (tertiary/aromatic N) is 2. The van der Waals surface area contributed by atoms with Crippen LogP contribution in [0, 0.1) is 11.3 Å². The van der Waals surface area contributed by atoms with E-state index in [1.54, 1.807) is 11.8 Å². The lowest BCUT2D eigenvalue weighted by molar-refractivity contribution is -0.132. The van der Waals surface area contributed by atoms with Crippen LogP contribution >= 0.6 is 0 Å².